The van der Waals surface area contributed by atoms with E-state index in [1.54, 1.807) is 6.92 Å². The third-order valence-electron chi connectivity index (χ3n) is 3.08. The average Bonchev–Trinajstić information content (AvgIpc) is 2.37. The van der Waals surface area contributed by atoms with E-state index < -0.39 is 16.4 Å². The van der Waals surface area contributed by atoms with Gasteiger partial charge >= 0.3 is 0 Å². The quantitative estimate of drug-likeness (QED) is 0.483. The van der Waals surface area contributed by atoms with Crippen molar-refractivity contribution in [3.63, 3.8) is 0 Å². The highest BCUT2D eigenvalue weighted by atomic mass is 16.6. The van der Waals surface area contributed by atoms with Gasteiger partial charge < -0.3 is 9.90 Å². The monoisotopic (exact) mass is 237 g/mol. The minimum atomic E-state index is -0.953. The third kappa shape index (κ3) is 2.68. The van der Waals surface area contributed by atoms with E-state index >= 15 is 0 Å². The van der Waals surface area contributed by atoms with Crippen molar-refractivity contribution < 1.29 is 14.8 Å². The second-order valence-corrected chi connectivity index (χ2v) is 4.23. The van der Waals surface area contributed by atoms with E-state index in [0.717, 1.165) is 6.29 Å². The first kappa shape index (κ1) is 13.3. The van der Waals surface area contributed by atoms with Crippen LogP contribution in [0.2, 0.25) is 0 Å². The standard InChI is InChI=1S/C12H15NO4/c1-3-12(2,8-14)11(15)9-4-6-10(7-5-9)13(16)17/h4-8,11,15H,3H2,1-2H3/t11-,12?/m0/s1. The Morgan fingerprint density at radius 1 is 1.47 bits per heavy atom. The number of rotatable bonds is 5. The van der Waals surface area contributed by atoms with Crippen LogP contribution in [0, 0.1) is 15.5 Å². The first-order valence-corrected chi connectivity index (χ1v) is 5.33. The molecular weight excluding hydrogens is 222 g/mol. The highest BCUT2D eigenvalue weighted by molar-refractivity contribution is 5.60. The fraction of sp³-hybridized carbons (Fsp3) is 0.417. The summed E-state index contributed by atoms with van der Waals surface area (Å²) in [6.07, 6.45) is 0.263. The van der Waals surface area contributed by atoms with Gasteiger partial charge in [0.2, 0.25) is 0 Å². The number of aliphatic hydroxyl groups is 1. The molecule has 0 heterocycles. The first-order valence-electron chi connectivity index (χ1n) is 5.33. The van der Waals surface area contributed by atoms with Gasteiger partial charge in [0.05, 0.1) is 16.4 Å². The molecule has 1 aromatic rings. The predicted octanol–water partition coefficient (Wildman–Crippen LogP) is 2.24. The molecule has 1 aromatic carbocycles. The van der Waals surface area contributed by atoms with Crippen molar-refractivity contribution >= 4 is 12.0 Å². The lowest BCUT2D eigenvalue weighted by Crippen LogP contribution is -2.26. The largest absolute Gasteiger partial charge is 0.387 e. The molecule has 0 bridgehead atoms. The van der Waals surface area contributed by atoms with Gasteiger partial charge in [-0.1, -0.05) is 13.8 Å². The summed E-state index contributed by atoms with van der Waals surface area (Å²) in [5.41, 5.74) is -0.395. The Hall–Kier alpha value is -1.75. The lowest BCUT2D eigenvalue weighted by molar-refractivity contribution is -0.384. The summed E-state index contributed by atoms with van der Waals surface area (Å²) in [4.78, 5) is 21.0. The lowest BCUT2D eigenvalue weighted by Gasteiger charge is -2.27. The molecule has 0 aliphatic rings. The maximum atomic E-state index is 11.0. The topological polar surface area (TPSA) is 80.4 Å². The Morgan fingerprint density at radius 3 is 2.35 bits per heavy atom. The van der Waals surface area contributed by atoms with Crippen molar-refractivity contribution in [3.8, 4) is 0 Å². The number of benzene rings is 1. The smallest absolute Gasteiger partial charge is 0.269 e. The molecule has 0 saturated carbocycles. The van der Waals surface area contributed by atoms with E-state index in [2.05, 4.69) is 0 Å². The number of nitro benzene ring substituents is 1. The second-order valence-electron chi connectivity index (χ2n) is 4.23. The number of hydrogen-bond donors (Lipinski definition) is 1. The van der Waals surface area contributed by atoms with Crippen molar-refractivity contribution in [2.45, 2.75) is 26.4 Å². The highest BCUT2D eigenvalue weighted by Crippen LogP contribution is 2.35. The fourth-order valence-corrected chi connectivity index (χ4v) is 1.50. The maximum absolute atomic E-state index is 11.0. The van der Waals surface area contributed by atoms with Crippen LogP contribution in [0.15, 0.2) is 24.3 Å². The molecule has 17 heavy (non-hydrogen) atoms. The van der Waals surface area contributed by atoms with E-state index in [9.17, 15) is 20.0 Å². The molecule has 0 amide bonds. The summed E-state index contributed by atoms with van der Waals surface area (Å²) in [6.45, 7) is 3.47. The number of aldehydes is 1. The van der Waals surface area contributed by atoms with Crippen molar-refractivity contribution in [2.75, 3.05) is 0 Å². The molecule has 1 rings (SSSR count). The summed E-state index contributed by atoms with van der Waals surface area (Å²) in [7, 11) is 0. The van der Waals surface area contributed by atoms with Gasteiger partial charge in [0.15, 0.2) is 0 Å². The molecule has 0 aliphatic carbocycles. The number of aliphatic hydroxyl groups excluding tert-OH is 1. The van der Waals surface area contributed by atoms with Gasteiger partial charge in [-0.2, -0.15) is 0 Å². The zero-order valence-electron chi connectivity index (χ0n) is 9.79. The zero-order valence-corrected chi connectivity index (χ0v) is 9.79. The minimum absolute atomic E-state index is 0.0368. The van der Waals surface area contributed by atoms with E-state index in [0.29, 0.717) is 12.0 Å². The van der Waals surface area contributed by atoms with Crippen LogP contribution in [-0.4, -0.2) is 16.3 Å². The van der Waals surface area contributed by atoms with Crippen molar-refractivity contribution in [1.29, 1.82) is 0 Å². The maximum Gasteiger partial charge on any atom is 0.269 e. The molecule has 5 nitrogen and oxygen atoms in total. The van der Waals surface area contributed by atoms with Gasteiger partial charge in [-0.3, -0.25) is 10.1 Å². The van der Waals surface area contributed by atoms with Gasteiger partial charge in [0.1, 0.15) is 6.29 Å². The van der Waals surface area contributed by atoms with E-state index in [4.69, 9.17) is 0 Å². The van der Waals surface area contributed by atoms with Crippen LogP contribution in [0.3, 0.4) is 0 Å². The Labute approximate surface area is 99.2 Å². The normalized spacial score (nSPS) is 15.9. The van der Waals surface area contributed by atoms with E-state index in [1.165, 1.54) is 24.3 Å². The van der Waals surface area contributed by atoms with Crippen molar-refractivity contribution in [3.05, 3.63) is 39.9 Å². The Bertz CT molecular complexity index is 415. The molecule has 2 atom stereocenters. The van der Waals surface area contributed by atoms with Gasteiger partial charge in [-0.05, 0) is 24.1 Å². The first-order chi connectivity index (χ1) is 7.94. The van der Waals surface area contributed by atoms with Crippen LogP contribution in [0.25, 0.3) is 0 Å². The Morgan fingerprint density at radius 2 is 2.00 bits per heavy atom. The number of non-ortho nitro benzene ring substituents is 1. The Balaban J connectivity index is 3.01. The van der Waals surface area contributed by atoms with Crippen LogP contribution in [0.5, 0.6) is 0 Å². The highest BCUT2D eigenvalue weighted by Gasteiger charge is 2.32. The number of nitrogens with zero attached hydrogens (tertiary/aromatic N) is 1. The van der Waals surface area contributed by atoms with Crippen LogP contribution in [0.4, 0.5) is 5.69 Å². The molecule has 0 aliphatic heterocycles. The average molecular weight is 237 g/mol. The van der Waals surface area contributed by atoms with Gasteiger partial charge in [-0.15, -0.1) is 0 Å². The molecule has 0 fully saturated rings. The molecule has 1 N–H and O–H groups in total. The van der Waals surface area contributed by atoms with Crippen LogP contribution < -0.4 is 0 Å². The van der Waals surface area contributed by atoms with Crippen molar-refractivity contribution in [2.24, 2.45) is 5.41 Å². The summed E-state index contributed by atoms with van der Waals surface area (Å²) in [5, 5.41) is 20.5. The zero-order chi connectivity index (χ0) is 13.1. The predicted molar refractivity (Wildman–Crippen MR) is 62.5 cm³/mol. The van der Waals surface area contributed by atoms with Crippen molar-refractivity contribution in [1.82, 2.24) is 0 Å². The number of hydrogen-bond acceptors (Lipinski definition) is 4. The van der Waals surface area contributed by atoms with Gasteiger partial charge in [-0.25, -0.2) is 0 Å². The van der Waals surface area contributed by atoms with E-state index in [-0.39, 0.29) is 5.69 Å². The SMILES string of the molecule is CCC(C)(C=O)[C@@H](O)c1ccc([N+](=O)[O-])cc1. The molecular formula is C12H15NO4. The summed E-state index contributed by atoms with van der Waals surface area (Å²) in [5.74, 6) is 0. The lowest BCUT2D eigenvalue weighted by atomic mass is 9.80. The van der Waals surface area contributed by atoms with E-state index in [1.807, 2.05) is 6.92 Å². The fourth-order valence-electron chi connectivity index (χ4n) is 1.50. The summed E-state index contributed by atoms with van der Waals surface area (Å²) < 4.78 is 0. The minimum Gasteiger partial charge on any atom is -0.387 e. The Kier molecular flexibility index (Phi) is 3.96. The third-order valence-corrected chi connectivity index (χ3v) is 3.08. The molecule has 0 aromatic heterocycles. The number of nitro groups is 1. The molecule has 0 saturated heterocycles. The molecule has 0 spiro atoms. The number of carbonyl (C=O) groups excluding carboxylic acids is 1. The van der Waals surface area contributed by atoms with Crippen LogP contribution in [-0.2, 0) is 4.79 Å². The summed E-state index contributed by atoms with van der Waals surface area (Å²) >= 11 is 0. The molecule has 1 unspecified atom stereocenters. The number of carbonyl (C=O) groups is 1. The molecule has 5 heteroatoms. The second kappa shape index (κ2) is 5.05. The van der Waals surface area contributed by atoms with Gasteiger partial charge in [0, 0.05) is 12.1 Å². The van der Waals surface area contributed by atoms with Crippen LogP contribution >= 0.6 is 0 Å². The summed E-state index contributed by atoms with van der Waals surface area (Å²) in [6, 6.07) is 5.58. The van der Waals surface area contributed by atoms with Gasteiger partial charge in [0.25, 0.3) is 5.69 Å². The van der Waals surface area contributed by atoms with Crippen LogP contribution in [0.1, 0.15) is 31.9 Å². The molecule has 92 valence electrons. The molecule has 0 radical (unpaired) electrons.